The summed E-state index contributed by atoms with van der Waals surface area (Å²) in [4.78, 5) is 20.9. The third-order valence-electron chi connectivity index (χ3n) is 1.95. The summed E-state index contributed by atoms with van der Waals surface area (Å²) in [7, 11) is 0. The Labute approximate surface area is 91.9 Å². The summed E-state index contributed by atoms with van der Waals surface area (Å²) in [6, 6.07) is 5.99. The summed E-state index contributed by atoms with van der Waals surface area (Å²) >= 11 is 5.86. The zero-order chi connectivity index (χ0) is 11.3. The summed E-state index contributed by atoms with van der Waals surface area (Å²) in [5, 5.41) is 11.5. The van der Waals surface area contributed by atoms with E-state index in [1.807, 2.05) is 0 Å². The van der Waals surface area contributed by atoms with Crippen LogP contribution in [0.3, 0.4) is 0 Å². The lowest BCUT2D eigenvalue weighted by molar-refractivity contribution is -0.140. The van der Waals surface area contributed by atoms with Crippen LogP contribution in [-0.4, -0.2) is 23.5 Å². The Bertz CT molecular complexity index is 367. The smallest absolute Gasteiger partial charge is 0.326 e. The quantitative estimate of drug-likeness (QED) is 0.740. The Kier molecular flexibility index (Phi) is 4.12. The van der Waals surface area contributed by atoms with Gasteiger partial charge in [-0.2, -0.15) is 0 Å². The molecule has 0 radical (unpaired) electrons. The van der Waals surface area contributed by atoms with Gasteiger partial charge in [-0.3, -0.25) is 4.79 Å². The van der Waals surface area contributed by atoms with Crippen LogP contribution in [0.5, 0.6) is 0 Å². The highest BCUT2D eigenvalue weighted by molar-refractivity contribution is 6.31. The second-order valence-electron chi connectivity index (χ2n) is 2.97. The lowest BCUT2D eigenvalue weighted by Gasteiger charge is -2.11. The van der Waals surface area contributed by atoms with Crippen molar-refractivity contribution in [1.82, 2.24) is 5.32 Å². The number of aliphatic carboxylic acids is 1. The van der Waals surface area contributed by atoms with Crippen molar-refractivity contribution in [2.45, 2.75) is 12.5 Å². The number of carbonyl (C=O) groups is 2. The molecule has 1 aromatic rings. The van der Waals surface area contributed by atoms with Crippen LogP contribution < -0.4 is 5.32 Å². The van der Waals surface area contributed by atoms with Gasteiger partial charge in [0.15, 0.2) is 0 Å². The predicted molar refractivity (Wildman–Crippen MR) is 55.8 cm³/mol. The first-order valence-corrected chi connectivity index (χ1v) is 4.69. The van der Waals surface area contributed by atoms with Crippen molar-refractivity contribution in [2.75, 3.05) is 0 Å². The molecule has 0 saturated heterocycles. The Morgan fingerprint density at radius 1 is 1.53 bits per heavy atom. The molecule has 4 nitrogen and oxygen atoms in total. The molecule has 1 unspecified atom stereocenters. The van der Waals surface area contributed by atoms with Crippen molar-refractivity contribution in [3.63, 3.8) is 0 Å². The molecule has 0 bridgehead atoms. The van der Waals surface area contributed by atoms with Gasteiger partial charge < -0.3 is 10.4 Å². The van der Waals surface area contributed by atoms with Crippen LogP contribution in [0.2, 0.25) is 5.02 Å². The van der Waals surface area contributed by atoms with E-state index in [0.717, 1.165) is 0 Å². The van der Waals surface area contributed by atoms with Crippen molar-refractivity contribution < 1.29 is 14.7 Å². The molecule has 1 aromatic carbocycles. The van der Waals surface area contributed by atoms with Crippen molar-refractivity contribution in [1.29, 1.82) is 0 Å². The molecule has 0 spiro atoms. The molecular formula is C10H10ClNO3. The van der Waals surface area contributed by atoms with E-state index in [1.54, 1.807) is 24.3 Å². The second-order valence-corrected chi connectivity index (χ2v) is 3.38. The van der Waals surface area contributed by atoms with Gasteiger partial charge in [-0.25, -0.2) is 4.79 Å². The van der Waals surface area contributed by atoms with E-state index in [0.29, 0.717) is 17.0 Å². The van der Waals surface area contributed by atoms with Crippen molar-refractivity contribution in [2.24, 2.45) is 0 Å². The van der Waals surface area contributed by atoms with E-state index in [9.17, 15) is 9.59 Å². The lowest BCUT2D eigenvalue weighted by atomic mass is 10.1. The van der Waals surface area contributed by atoms with Gasteiger partial charge in [0, 0.05) is 11.4 Å². The largest absolute Gasteiger partial charge is 0.480 e. The molecule has 80 valence electrons. The topological polar surface area (TPSA) is 66.4 Å². The second kappa shape index (κ2) is 5.36. The summed E-state index contributed by atoms with van der Waals surface area (Å²) in [5.74, 6) is -1.08. The van der Waals surface area contributed by atoms with Crippen LogP contribution in [0.1, 0.15) is 5.56 Å². The fourth-order valence-electron chi connectivity index (χ4n) is 1.18. The number of amides is 1. The number of carboxylic acids is 1. The molecule has 0 aliphatic heterocycles. The van der Waals surface area contributed by atoms with Gasteiger partial charge in [0.1, 0.15) is 6.04 Å². The van der Waals surface area contributed by atoms with E-state index >= 15 is 0 Å². The first-order chi connectivity index (χ1) is 7.15. The van der Waals surface area contributed by atoms with Gasteiger partial charge in [0.25, 0.3) is 0 Å². The van der Waals surface area contributed by atoms with Crippen LogP contribution in [0, 0.1) is 0 Å². The average molecular weight is 228 g/mol. The number of hydrogen-bond donors (Lipinski definition) is 2. The highest BCUT2D eigenvalue weighted by atomic mass is 35.5. The molecule has 0 aliphatic rings. The molecular weight excluding hydrogens is 218 g/mol. The Morgan fingerprint density at radius 3 is 2.73 bits per heavy atom. The van der Waals surface area contributed by atoms with Crippen LogP contribution in [-0.2, 0) is 16.0 Å². The maximum Gasteiger partial charge on any atom is 0.326 e. The van der Waals surface area contributed by atoms with Gasteiger partial charge in [-0.15, -0.1) is 0 Å². The minimum Gasteiger partial charge on any atom is -0.480 e. The molecule has 15 heavy (non-hydrogen) atoms. The molecule has 1 rings (SSSR count). The molecule has 0 saturated carbocycles. The average Bonchev–Trinajstić information content (AvgIpc) is 2.20. The highest BCUT2D eigenvalue weighted by Crippen LogP contribution is 2.16. The molecule has 2 N–H and O–H groups in total. The normalized spacial score (nSPS) is 11.8. The Balaban J connectivity index is 2.78. The van der Waals surface area contributed by atoms with Crippen LogP contribution in [0.25, 0.3) is 0 Å². The maximum atomic E-state index is 10.7. The fraction of sp³-hybridized carbons (Fsp3) is 0.200. The van der Waals surface area contributed by atoms with Gasteiger partial charge in [0.05, 0.1) is 0 Å². The Morgan fingerprint density at radius 2 is 2.20 bits per heavy atom. The van der Waals surface area contributed by atoms with E-state index in [4.69, 9.17) is 16.7 Å². The third kappa shape index (κ3) is 3.25. The maximum absolute atomic E-state index is 10.7. The van der Waals surface area contributed by atoms with Crippen LogP contribution in [0.15, 0.2) is 24.3 Å². The lowest BCUT2D eigenvalue weighted by Crippen LogP contribution is -2.37. The fourth-order valence-corrected chi connectivity index (χ4v) is 1.40. The van der Waals surface area contributed by atoms with E-state index in [1.165, 1.54) is 0 Å². The van der Waals surface area contributed by atoms with Gasteiger partial charge >= 0.3 is 5.97 Å². The van der Waals surface area contributed by atoms with Crippen LogP contribution >= 0.6 is 11.6 Å². The minimum atomic E-state index is -1.08. The molecule has 1 atom stereocenters. The van der Waals surface area contributed by atoms with Gasteiger partial charge in [-0.1, -0.05) is 29.8 Å². The van der Waals surface area contributed by atoms with Crippen molar-refractivity contribution in [3.05, 3.63) is 34.9 Å². The number of nitrogens with one attached hydrogen (secondary N) is 1. The van der Waals surface area contributed by atoms with E-state index in [-0.39, 0.29) is 6.42 Å². The molecule has 5 heteroatoms. The van der Waals surface area contributed by atoms with Gasteiger partial charge in [0.2, 0.25) is 6.41 Å². The summed E-state index contributed by atoms with van der Waals surface area (Å²) in [6.07, 6.45) is 0.545. The van der Waals surface area contributed by atoms with Gasteiger partial charge in [-0.05, 0) is 11.6 Å². The predicted octanol–water partition coefficient (Wildman–Crippen LogP) is 1.08. The number of carbonyl (C=O) groups excluding carboxylic acids is 1. The third-order valence-corrected chi connectivity index (χ3v) is 2.32. The van der Waals surface area contributed by atoms with Crippen LogP contribution in [0.4, 0.5) is 0 Å². The molecule has 1 amide bonds. The molecule has 0 aromatic heterocycles. The van der Waals surface area contributed by atoms with E-state index < -0.39 is 12.0 Å². The number of hydrogen-bond acceptors (Lipinski definition) is 2. The Hall–Kier alpha value is -1.55. The minimum absolute atomic E-state index is 0.174. The zero-order valence-electron chi connectivity index (χ0n) is 7.81. The first-order valence-electron chi connectivity index (χ1n) is 4.31. The monoisotopic (exact) mass is 227 g/mol. The molecule has 0 fully saturated rings. The summed E-state index contributed by atoms with van der Waals surface area (Å²) in [5.41, 5.74) is 0.695. The number of carboxylic acid groups (broad SMARTS) is 1. The SMILES string of the molecule is O=CNC(Cc1ccccc1Cl)C(=O)O. The number of rotatable bonds is 5. The zero-order valence-corrected chi connectivity index (χ0v) is 8.57. The van der Waals surface area contributed by atoms with E-state index in [2.05, 4.69) is 5.32 Å². The first kappa shape index (κ1) is 11.5. The standard InChI is InChI=1S/C10H10ClNO3/c11-8-4-2-1-3-7(8)5-9(10(14)15)12-6-13/h1-4,6,9H,5H2,(H,12,13)(H,14,15). The number of benzene rings is 1. The summed E-state index contributed by atoms with van der Waals surface area (Å²) in [6.45, 7) is 0. The van der Waals surface area contributed by atoms with Crippen molar-refractivity contribution >= 4 is 24.0 Å². The highest BCUT2D eigenvalue weighted by Gasteiger charge is 2.17. The molecule has 0 heterocycles. The summed E-state index contributed by atoms with van der Waals surface area (Å²) < 4.78 is 0. The molecule has 0 aliphatic carbocycles. The van der Waals surface area contributed by atoms with Crippen molar-refractivity contribution in [3.8, 4) is 0 Å². The number of halogens is 1.